The Bertz CT molecular complexity index is 3070. The van der Waals surface area contributed by atoms with Crippen LogP contribution in [0.15, 0.2) is 179 Å². The van der Waals surface area contributed by atoms with Crippen LogP contribution in [0.5, 0.6) is 0 Å². The van der Waals surface area contributed by atoms with E-state index in [9.17, 15) is 0 Å². The van der Waals surface area contributed by atoms with Crippen LogP contribution in [-0.2, 0) is 0 Å². The minimum absolute atomic E-state index is 0.885. The minimum Gasteiger partial charge on any atom is -0.456 e. The van der Waals surface area contributed by atoms with Crippen LogP contribution >= 0.6 is 0 Å². The molecule has 0 saturated carbocycles. The highest BCUT2D eigenvalue weighted by Gasteiger charge is 2.18. The summed E-state index contributed by atoms with van der Waals surface area (Å²) in [6, 6.07) is 60.9. The first-order chi connectivity index (χ1) is 24.8. The van der Waals surface area contributed by atoms with E-state index in [-0.39, 0.29) is 0 Å². The largest absolute Gasteiger partial charge is 0.456 e. The first kappa shape index (κ1) is 27.3. The number of benzene rings is 9. The molecule has 2 nitrogen and oxygen atoms in total. The molecule has 232 valence electrons. The molecule has 50 heavy (non-hydrogen) atoms. The van der Waals surface area contributed by atoms with Crippen LogP contribution in [0.1, 0.15) is 0 Å². The third-order valence-electron chi connectivity index (χ3n) is 10.4. The summed E-state index contributed by atoms with van der Waals surface area (Å²) in [7, 11) is 0. The molecule has 2 heterocycles. The third kappa shape index (κ3) is 3.96. The van der Waals surface area contributed by atoms with Gasteiger partial charge in [-0.25, -0.2) is 0 Å². The molecule has 9 aromatic carbocycles. The Hall–Kier alpha value is -6.64. The Morgan fingerprint density at radius 3 is 1.46 bits per heavy atom. The summed E-state index contributed by atoms with van der Waals surface area (Å²) in [6.45, 7) is 0. The fraction of sp³-hybridized carbons (Fsp3) is 0. The summed E-state index contributed by atoms with van der Waals surface area (Å²) >= 11 is 0. The van der Waals surface area contributed by atoms with Gasteiger partial charge in [0.25, 0.3) is 0 Å². The van der Waals surface area contributed by atoms with Gasteiger partial charge in [0.05, 0.1) is 0 Å². The average Bonchev–Trinajstić information content (AvgIpc) is 3.74. The molecular formula is C48H28O2. The van der Waals surface area contributed by atoms with Gasteiger partial charge in [-0.2, -0.15) is 0 Å². The van der Waals surface area contributed by atoms with E-state index < -0.39 is 0 Å². The van der Waals surface area contributed by atoms with Crippen LogP contribution in [0.4, 0.5) is 0 Å². The molecule has 0 bridgehead atoms. The Labute approximate surface area is 287 Å². The first-order valence-electron chi connectivity index (χ1n) is 17.1. The molecule has 0 radical (unpaired) electrons. The van der Waals surface area contributed by atoms with E-state index in [1.807, 2.05) is 12.1 Å². The first-order valence-corrected chi connectivity index (χ1v) is 17.1. The zero-order chi connectivity index (χ0) is 32.8. The normalized spacial score (nSPS) is 12.0. The second-order valence-corrected chi connectivity index (χ2v) is 13.2. The Morgan fingerprint density at radius 2 is 0.760 bits per heavy atom. The van der Waals surface area contributed by atoms with Crippen molar-refractivity contribution < 1.29 is 8.83 Å². The van der Waals surface area contributed by atoms with Crippen molar-refractivity contribution in [3.63, 3.8) is 0 Å². The smallest absolute Gasteiger partial charge is 0.136 e. The third-order valence-corrected chi connectivity index (χ3v) is 10.4. The van der Waals surface area contributed by atoms with Gasteiger partial charge in [0.15, 0.2) is 0 Å². The molecular weight excluding hydrogens is 609 g/mol. The van der Waals surface area contributed by atoms with Crippen molar-refractivity contribution in [3.8, 4) is 33.4 Å². The molecule has 11 rings (SSSR count). The molecule has 0 fully saturated rings. The van der Waals surface area contributed by atoms with Gasteiger partial charge in [0.1, 0.15) is 22.3 Å². The van der Waals surface area contributed by atoms with Crippen LogP contribution < -0.4 is 0 Å². The van der Waals surface area contributed by atoms with Crippen LogP contribution in [0.3, 0.4) is 0 Å². The Kier molecular flexibility index (Phi) is 5.70. The van der Waals surface area contributed by atoms with Gasteiger partial charge < -0.3 is 8.83 Å². The second-order valence-electron chi connectivity index (χ2n) is 13.2. The van der Waals surface area contributed by atoms with E-state index >= 15 is 0 Å². The van der Waals surface area contributed by atoms with Gasteiger partial charge in [-0.1, -0.05) is 133 Å². The van der Waals surface area contributed by atoms with Gasteiger partial charge in [0, 0.05) is 21.5 Å². The zero-order valence-electron chi connectivity index (χ0n) is 27.0. The number of furan rings is 2. The molecule has 2 aromatic heterocycles. The highest BCUT2D eigenvalue weighted by Crippen LogP contribution is 2.44. The van der Waals surface area contributed by atoms with E-state index in [4.69, 9.17) is 8.83 Å². The van der Waals surface area contributed by atoms with Gasteiger partial charge in [-0.05, 0) is 102 Å². The predicted octanol–water partition coefficient (Wildman–Crippen LogP) is 13.9. The van der Waals surface area contributed by atoms with Crippen molar-refractivity contribution in [1.29, 1.82) is 0 Å². The molecule has 2 heteroatoms. The van der Waals surface area contributed by atoms with E-state index in [2.05, 4.69) is 158 Å². The second kappa shape index (κ2) is 10.4. The molecule has 0 saturated heterocycles. The highest BCUT2D eigenvalue weighted by atomic mass is 16.3. The summed E-state index contributed by atoms with van der Waals surface area (Å²) in [4.78, 5) is 0. The standard InChI is InChI=1S/C48H28O2/c1-2-10-30(11-3-1)46-34-12-4-6-14-36(34)47(37-15-7-5-13-35(37)46)31-20-18-29(19-21-31)32-22-24-43-40(26-32)41-27-33-23-25-44-48(39(33)28-45(41)50-43)38-16-8-9-17-42(38)49-44/h1-28H. The van der Waals surface area contributed by atoms with Crippen LogP contribution in [0.25, 0.3) is 110 Å². The SMILES string of the molecule is c1ccc(-c2c3ccccc3c(-c3ccc(-c4ccc5oc6cc7c(ccc8oc9ccccc9c87)cc6c5c4)cc3)c3ccccc23)cc1. The lowest BCUT2D eigenvalue weighted by Gasteiger charge is -2.18. The molecule has 0 aliphatic heterocycles. The van der Waals surface area contributed by atoms with Crippen LogP contribution in [-0.4, -0.2) is 0 Å². The Morgan fingerprint density at radius 1 is 0.260 bits per heavy atom. The molecule has 0 amide bonds. The van der Waals surface area contributed by atoms with Crippen molar-refractivity contribution in [3.05, 3.63) is 170 Å². The van der Waals surface area contributed by atoms with Gasteiger partial charge in [-0.15, -0.1) is 0 Å². The molecule has 0 unspecified atom stereocenters. The molecule has 0 aliphatic rings. The lowest BCUT2D eigenvalue weighted by molar-refractivity contribution is 0.669. The number of hydrogen-bond donors (Lipinski definition) is 0. The number of hydrogen-bond acceptors (Lipinski definition) is 2. The molecule has 11 aromatic rings. The zero-order valence-corrected chi connectivity index (χ0v) is 27.0. The van der Waals surface area contributed by atoms with Gasteiger partial charge in [-0.3, -0.25) is 0 Å². The maximum atomic E-state index is 6.46. The average molecular weight is 637 g/mol. The van der Waals surface area contributed by atoms with Crippen molar-refractivity contribution in [2.45, 2.75) is 0 Å². The predicted molar refractivity (Wildman–Crippen MR) is 210 cm³/mol. The summed E-state index contributed by atoms with van der Waals surface area (Å²) in [5, 5.41) is 11.9. The van der Waals surface area contributed by atoms with Gasteiger partial charge in [0.2, 0.25) is 0 Å². The maximum Gasteiger partial charge on any atom is 0.136 e. The van der Waals surface area contributed by atoms with E-state index in [1.54, 1.807) is 0 Å². The van der Waals surface area contributed by atoms with Crippen molar-refractivity contribution in [1.82, 2.24) is 0 Å². The molecule has 0 spiro atoms. The monoisotopic (exact) mass is 636 g/mol. The van der Waals surface area contributed by atoms with E-state index in [0.717, 1.165) is 54.8 Å². The molecule has 0 N–H and O–H groups in total. The maximum absolute atomic E-state index is 6.46. The summed E-state index contributed by atoms with van der Waals surface area (Å²) in [5.41, 5.74) is 10.9. The summed E-state index contributed by atoms with van der Waals surface area (Å²) < 4.78 is 12.6. The van der Waals surface area contributed by atoms with Crippen LogP contribution in [0.2, 0.25) is 0 Å². The fourth-order valence-electron chi connectivity index (χ4n) is 8.18. The molecule has 0 aliphatic carbocycles. The van der Waals surface area contributed by atoms with E-state index in [0.29, 0.717) is 0 Å². The lowest BCUT2D eigenvalue weighted by Crippen LogP contribution is -1.90. The van der Waals surface area contributed by atoms with E-state index in [1.165, 1.54) is 54.7 Å². The number of fused-ring (bicyclic) bond motifs is 10. The highest BCUT2D eigenvalue weighted by molar-refractivity contribution is 6.23. The summed E-state index contributed by atoms with van der Waals surface area (Å²) in [6.07, 6.45) is 0. The summed E-state index contributed by atoms with van der Waals surface area (Å²) in [5.74, 6) is 0. The number of rotatable bonds is 3. The lowest BCUT2D eigenvalue weighted by atomic mass is 9.86. The topological polar surface area (TPSA) is 26.3 Å². The fourth-order valence-corrected chi connectivity index (χ4v) is 8.18. The van der Waals surface area contributed by atoms with Gasteiger partial charge >= 0.3 is 0 Å². The quantitative estimate of drug-likeness (QED) is 0.180. The molecule has 0 atom stereocenters. The number of para-hydroxylation sites is 1. The van der Waals surface area contributed by atoms with Crippen molar-refractivity contribution in [2.24, 2.45) is 0 Å². The minimum atomic E-state index is 0.885. The van der Waals surface area contributed by atoms with Crippen molar-refractivity contribution in [2.75, 3.05) is 0 Å². The van der Waals surface area contributed by atoms with Crippen molar-refractivity contribution >= 4 is 76.2 Å². The Balaban J connectivity index is 1.05. The van der Waals surface area contributed by atoms with Crippen LogP contribution in [0, 0.1) is 0 Å².